The Morgan fingerprint density at radius 2 is 1.93 bits per heavy atom. The van der Waals surface area contributed by atoms with E-state index in [1.807, 2.05) is 14.1 Å². The van der Waals surface area contributed by atoms with E-state index >= 15 is 0 Å². The zero-order valence-corrected chi connectivity index (χ0v) is 16.1. The molecule has 3 rings (SSSR count). The molecule has 0 N–H and O–H groups in total. The van der Waals surface area contributed by atoms with Crippen LogP contribution in [0.4, 0.5) is 19.3 Å². The van der Waals surface area contributed by atoms with Crippen molar-refractivity contribution in [3.05, 3.63) is 64.7 Å². The van der Waals surface area contributed by atoms with Crippen molar-refractivity contribution < 1.29 is 13.6 Å². The van der Waals surface area contributed by atoms with Crippen molar-refractivity contribution in [3.63, 3.8) is 0 Å². The Balaban J connectivity index is 1.91. The SMILES string of the molecule is CN(C)[C@@H]1CCN(C(=O)N(Cc2ccccc2F)c2ccc(F)c(Cl)c2)C1. The van der Waals surface area contributed by atoms with E-state index in [1.165, 1.54) is 29.2 Å². The fourth-order valence-electron chi connectivity index (χ4n) is 3.23. The van der Waals surface area contributed by atoms with Crippen LogP contribution in [0.3, 0.4) is 0 Å². The molecule has 2 aromatic carbocycles. The highest BCUT2D eigenvalue weighted by Gasteiger charge is 2.31. The summed E-state index contributed by atoms with van der Waals surface area (Å²) in [6.45, 7) is 1.25. The lowest BCUT2D eigenvalue weighted by atomic mass is 10.2. The Morgan fingerprint density at radius 3 is 2.56 bits per heavy atom. The first-order valence-corrected chi connectivity index (χ1v) is 9.16. The number of anilines is 1. The number of hydrogen-bond donors (Lipinski definition) is 0. The largest absolute Gasteiger partial charge is 0.324 e. The molecule has 0 unspecified atom stereocenters. The molecule has 0 radical (unpaired) electrons. The van der Waals surface area contributed by atoms with Gasteiger partial charge in [-0.05, 0) is 44.8 Å². The van der Waals surface area contributed by atoms with E-state index < -0.39 is 11.6 Å². The standard InChI is InChI=1S/C20H22ClF2N3O/c1-24(2)16-9-10-25(13-16)20(27)26(12-14-5-3-4-6-18(14)22)15-7-8-19(23)17(21)11-15/h3-8,11,16H,9-10,12-13H2,1-2H3/t16-/m1/s1. The third-order valence-electron chi connectivity index (χ3n) is 4.90. The quantitative estimate of drug-likeness (QED) is 0.770. The van der Waals surface area contributed by atoms with Crippen LogP contribution < -0.4 is 4.90 Å². The van der Waals surface area contributed by atoms with Crippen LogP contribution in [0.5, 0.6) is 0 Å². The maximum absolute atomic E-state index is 14.2. The van der Waals surface area contributed by atoms with Gasteiger partial charge in [-0.3, -0.25) is 4.90 Å². The van der Waals surface area contributed by atoms with Crippen molar-refractivity contribution in [2.24, 2.45) is 0 Å². The van der Waals surface area contributed by atoms with Crippen molar-refractivity contribution in [2.75, 3.05) is 32.1 Å². The summed E-state index contributed by atoms with van der Waals surface area (Å²) in [6, 6.07) is 10.4. The highest BCUT2D eigenvalue weighted by molar-refractivity contribution is 6.31. The number of carbonyl (C=O) groups excluding carboxylic acids is 1. The lowest BCUT2D eigenvalue weighted by Gasteiger charge is -2.29. The molecular weight excluding hydrogens is 372 g/mol. The van der Waals surface area contributed by atoms with Crippen LogP contribution in [-0.4, -0.2) is 49.1 Å². The first-order valence-electron chi connectivity index (χ1n) is 8.78. The number of halogens is 3. The van der Waals surface area contributed by atoms with Gasteiger partial charge in [-0.15, -0.1) is 0 Å². The van der Waals surface area contributed by atoms with E-state index in [-0.39, 0.29) is 23.6 Å². The van der Waals surface area contributed by atoms with E-state index in [0.717, 1.165) is 6.42 Å². The van der Waals surface area contributed by atoms with Gasteiger partial charge in [0.05, 0.1) is 11.6 Å². The van der Waals surface area contributed by atoms with Gasteiger partial charge in [0, 0.05) is 30.4 Å². The average Bonchev–Trinajstić information content (AvgIpc) is 3.13. The van der Waals surface area contributed by atoms with E-state index in [9.17, 15) is 13.6 Å². The fourth-order valence-corrected chi connectivity index (χ4v) is 3.40. The fraction of sp³-hybridized carbons (Fsp3) is 0.350. The van der Waals surface area contributed by atoms with Crippen LogP contribution >= 0.6 is 11.6 Å². The lowest BCUT2D eigenvalue weighted by Crippen LogP contribution is -2.43. The number of likely N-dealkylation sites (tertiary alicyclic amines) is 1. The molecule has 1 fully saturated rings. The van der Waals surface area contributed by atoms with Crippen LogP contribution in [0.15, 0.2) is 42.5 Å². The monoisotopic (exact) mass is 393 g/mol. The van der Waals surface area contributed by atoms with Gasteiger partial charge in [-0.1, -0.05) is 29.8 Å². The number of nitrogens with zero attached hydrogens (tertiary/aromatic N) is 3. The molecule has 1 heterocycles. The summed E-state index contributed by atoms with van der Waals surface area (Å²) in [6.07, 6.45) is 0.871. The van der Waals surface area contributed by atoms with Gasteiger partial charge < -0.3 is 9.80 Å². The lowest BCUT2D eigenvalue weighted by molar-refractivity contribution is 0.209. The second kappa shape index (κ2) is 8.23. The number of hydrogen-bond acceptors (Lipinski definition) is 2. The number of carbonyl (C=O) groups is 1. The predicted octanol–water partition coefficient (Wildman–Crippen LogP) is 4.38. The molecule has 0 spiro atoms. The molecule has 1 atom stereocenters. The highest BCUT2D eigenvalue weighted by atomic mass is 35.5. The van der Waals surface area contributed by atoms with E-state index in [1.54, 1.807) is 23.1 Å². The van der Waals surface area contributed by atoms with Crippen molar-refractivity contribution in [2.45, 2.75) is 19.0 Å². The first-order chi connectivity index (χ1) is 12.9. The van der Waals surface area contributed by atoms with Crippen LogP contribution in [0.25, 0.3) is 0 Å². The molecule has 0 saturated carbocycles. The summed E-state index contributed by atoms with van der Waals surface area (Å²) >= 11 is 5.91. The van der Waals surface area contributed by atoms with Crippen molar-refractivity contribution >= 4 is 23.3 Å². The first kappa shape index (κ1) is 19.6. The van der Waals surface area contributed by atoms with E-state index in [0.29, 0.717) is 24.3 Å². The number of likely N-dealkylation sites (N-methyl/N-ethyl adjacent to an activating group) is 1. The Morgan fingerprint density at radius 1 is 1.19 bits per heavy atom. The van der Waals surface area contributed by atoms with Gasteiger partial charge in [-0.2, -0.15) is 0 Å². The summed E-state index contributed by atoms with van der Waals surface area (Å²) in [5.41, 5.74) is 0.817. The molecule has 2 aromatic rings. The minimum absolute atomic E-state index is 0.0383. The van der Waals surface area contributed by atoms with Gasteiger partial charge in [-0.25, -0.2) is 13.6 Å². The van der Waals surface area contributed by atoms with Gasteiger partial charge in [0.1, 0.15) is 11.6 Å². The highest BCUT2D eigenvalue weighted by Crippen LogP contribution is 2.27. The Hall–Kier alpha value is -2.18. The number of rotatable bonds is 4. The number of urea groups is 1. The molecule has 0 bridgehead atoms. The van der Waals surface area contributed by atoms with Crippen LogP contribution in [-0.2, 0) is 6.54 Å². The van der Waals surface area contributed by atoms with Crippen molar-refractivity contribution in [1.82, 2.24) is 9.80 Å². The Labute approximate surface area is 162 Å². The molecule has 0 aromatic heterocycles. The summed E-state index contributed by atoms with van der Waals surface area (Å²) in [7, 11) is 3.96. The average molecular weight is 394 g/mol. The summed E-state index contributed by atoms with van der Waals surface area (Å²) in [4.78, 5) is 18.5. The molecule has 2 amide bonds. The number of benzene rings is 2. The zero-order valence-electron chi connectivity index (χ0n) is 15.3. The molecule has 27 heavy (non-hydrogen) atoms. The van der Waals surface area contributed by atoms with Gasteiger partial charge in [0.25, 0.3) is 0 Å². The topological polar surface area (TPSA) is 26.8 Å². The molecule has 1 saturated heterocycles. The molecule has 4 nitrogen and oxygen atoms in total. The third kappa shape index (κ3) is 4.39. The van der Waals surface area contributed by atoms with Crippen LogP contribution in [0.2, 0.25) is 5.02 Å². The van der Waals surface area contributed by atoms with Crippen molar-refractivity contribution in [3.8, 4) is 0 Å². The smallest absolute Gasteiger partial charge is 0.323 e. The molecule has 0 aliphatic carbocycles. The van der Waals surface area contributed by atoms with Crippen molar-refractivity contribution in [1.29, 1.82) is 0 Å². The van der Waals surface area contributed by atoms with Crippen LogP contribution in [0, 0.1) is 11.6 Å². The second-order valence-corrected chi connectivity index (χ2v) is 7.32. The zero-order chi connectivity index (χ0) is 19.6. The second-order valence-electron chi connectivity index (χ2n) is 6.91. The molecule has 1 aliphatic rings. The maximum atomic E-state index is 14.2. The molecule has 1 aliphatic heterocycles. The molecule has 144 valence electrons. The van der Waals surface area contributed by atoms with E-state index in [4.69, 9.17) is 11.6 Å². The Kier molecular flexibility index (Phi) is 5.97. The van der Waals surface area contributed by atoms with Crippen LogP contribution in [0.1, 0.15) is 12.0 Å². The normalized spacial score (nSPS) is 16.8. The minimum Gasteiger partial charge on any atom is -0.323 e. The maximum Gasteiger partial charge on any atom is 0.324 e. The Bertz CT molecular complexity index is 831. The number of amides is 2. The third-order valence-corrected chi connectivity index (χ3v) is 5.19. The molecular formula is C20H22ClF2N3O. The van der Waals surface area contributed by atoms with Gasteiger partial charge >= 0.3 is 6.03 Å². The summed E-state index contributed by atoms with van der Waals surface area (Å²) in [5, 5.41) is -0.0774. The van der Waals surface area contributed by atoms with Gasteiger partial charge in [0.2, 0.25) is 0 Å². The van der Waals surface area contributed by atoms with Gasteiger partial charge in [0.15, 0.2) is 0 Å². The minimum atomic E-state index is -0.562. The summed E-state index contributed by atoms with van der Waals surface area (Å²) in [5.74, 6) is -0.955. The predicted molar refractivity (Wildman–Crippen MR) is 103 cm³/mol. The molecule has 7 heteroatoms. The van der Waals surface area contributed by atoms with E-state index in [2.05, 4.69) is 4.90 Å². The summed E-state index contributed by atoms with van der Waals surface area (Å²) < 4.78 is 27.8.